The lowest BCUT2D eigenvalue weighted by atomic mass is 10.0. The average Bonchev–Trinajstić information content (AvgIpc) is 3.52. The lowest BCUT2D eigenvalue weighted by molar-refractivity contribution is -0.444. The predicted octanol–water partition coefficient (Wildman–Crippen LogP) is 0.0912. The maximum absolute atomic E-state index is 6.37. The van der Waals surface area contributed by atoms with Crippen LogP contribution in [-0.4, -0.2) is 37.9 Å². The Balaban J connectivity index is 1.45. The number of rotatable bonds is 4. The molecule has 5 heteroatoms. The first-order valence-electron chi connectivity index (χ1n) is 10.2. The molecule has 0 fully saturated rings. The van der Waals surface area contributed by atoms with E-state index in [0.29, 0.717) is 0 Å². The van der Waals surface area contributed by atoms with Crippen LogP contribution in [0.5, 0.6) is 0 Å². The van der Waals surface area contributed by atoms with E-state index in [0.717, 1.165) is 60.5 Å². The quantitative estimate of drug-likeness (QED) is 0.514. The van der Waals surface area contributed by atoms with Crippen molar-refractivity contribution in [2.24, 2.45) is 0 Å². The van der Waals surface area contributed by atoms with Crippen LogP contribution in [0.4, 0.5) is 0 Å². The normalized spacial score (nSPS) is 15.7. The van der Waals surface area contributed by atoms with E-state index in [1.807, 2.05) is 0 Å². The first-order chi connectivity index (χ1) is 14.2. The Morgan fingerprint density at radius 3 is 1.34 bits per heavy atom. The molecular formula is C24H26N4O+2. The topological polar surface area (TPSA) is 65.1 Å². The van der Waals surface area contributed by atoms with Crippen molar-refractivity contribution >= 4 is 11.7 Å². The minimum Gasteiger partial charge on any atom is -0.456 e. The van der Waals surface area contributed by atoms with Gasteiger partial charge in [0, 0.05) is 11.1 Å². The molecule has 146 valence electrons. The molecule has 5 rings (SSSR count). The molecule has 2 aliphatic heterocycles. The molecule has 1 aromatic heterocycles. The second-order valence-electron chi connectivity index (χ2n) is 7.62. The van der Waals surface area contributed by atoms with Crippen molar-refractivity contribution in [1.29, 1.82) is 0 Å². The number of hydrogen-bond acceptors (Lipinski definition) is 3. The van der Waals surface area contributed by atoms with Gasteiger partial charge in [-0.05, 0) is 49.2 Å². The summed E-state index contributed by atoms with van der Waals surface area (Å²) in [6, 6.07) is 17.1. The summed E-state index contributed by atoms with van der Waals surface area (Å²) < 4.78 is 6.37. The van der Waals surface area contributed by atoms with E-state index in [9.17, 15) is 0 Å². The second-order valence-corrected chi connectivity index (χ2v) is 7.62. The molecule has 0 saturated carbocycles. The van der Waals surface area contributed by atoms with Crippen molar-refractivity contribution in [3.63, 3.8) is 0 Å². The molecule has 4 N–H and O–H groups in total. The van der Waals surface area contributed by atoms with Crippen molar-refractivity contribution in [1.82, 2.24) is 10.6 Å². The van der Waals surface area contributed by atoms with Crippen LogP contribution in [0.25, 0.3) is 22.6 Å². The van der Waals surface area contributed by atoms with Gasteiger partial charge in [-0.15, -0.1) is 0 Å². The largest absolute Gasteiger partial charge is 0.456 e. The van der Waals surface area contributed by atoms with Crippen LogP contribution in [0.15, 0.2) is 52.9 Å². The highest BCUT2D eigenvalue weighted by Gasteiger charge is 2.20. The molecule has 5 nitrogen and oxygen atoms in total. The smallest absolute Gasteiger partial charge is 0.275 e. The maximum atomic E-state index is 6.37. The van der Waals surface area contributed by atoms with Gasteiger partial charge in [-0.3, -0.25) is 20.6 Å². The zero-order chi connectivity index (χ0) is 19.8. The Morgan fingerprint density at radius 1 is 0.621 bits per heavy atom. The Hall–Kier alpha value is -3.34. The third kappa shape index (κ3) is 3.23. The van der Waals surface area contributed by atoms with Crippen LogP contribution in [-0.2, 0) is 0 Å². The van der Waals surface area contributed by atoms with E-state index in [-0.39, 0.29) is 0 Å². The first kappa shape index (κ1) is 17.7. The van der Waals surface area contributed by atoms with Gasteiger partial charge in [0.15, 0.2) is 0 Å². The SMILES string of the molecule is Cc1c(-c2ccc(C3=[NH+]CCN3)cc2)oc(-c2ccc(C3=[NH+]CCN3)cc2)c1C. The number of nitrogens with one attached hydrogen (secondary N) is 4. The lowest BCUT2D eigenvalue weighted by Gasteiger charge is -2.02. The van der Waals surface area contributed by atoms with E-state index in [2.05, 4.69) is 83.0 Å². The van der Waals surface area contributed by atoms with Gasteiger partial charge < -0.3 is 4.42 Å². The van der Waals surface area contributed by atoms with Crippen LogP contribution in [0.2, 0.25) is 0 Å². The van der Waals surface area contributed by atoms with Crippen molar-refractivity contribution in [3.05, 3.63) is 70.8 Å². The van der Waals surface area contributed by atoms with E-state index in [1.54, 1.807) is 0 Å². The zero-order valence-electron chi connectivity index (χ0n) is 16.9. The third-order valence-corrected chi connectivity index (χ3v) is 5.78. The standard InChI is InChI=1S/C24H24N4O/c1-15-16(2)22(18-5-9-20(10-6-18)24-27-13-14-28-24)29-21(15)17-3-7-19(8-4-17)23-25-11-12-26-23/h3-10H,11-14H2,1-2H3,(H,25,26)(H,27,28)/p+2. The summed E-state index contributed by atoms with van der Waals surface area (Å²) in [5.41, 5.74) is 6.94. The Morgan fingerprint density at radius 2 is 1.00 bits per heavy atom. The van der Waals surface area contributed by atoms with Gasteiger partial charge in [-0.25, -0.2) is 0 Å². The summed E-state index contributed by atoms with van der Waals surface area (Å²) in [6.45, 7) is 8.17. The van der Waals surface area contributed by atoms with E-state index in [1.165, 1.54) is 22.3 Å². The van der Waals surface area contributed by atoms with Gasteiger partial charge in [-0.1, -0.05) is 24.3 Å². The van der Waals surface area contributed by atoms with Gasteiger partial charge in [0.25, 0.3) is 11.7 Å². The number of furan rings is 1. The zero-order valence-corrected chi connectivity index (χ0v) is 16.9. The molecule has 0 spiro atoms. The molecule has 29 heavy (non-hydrogen) atoms. The molecular weight excluding hydrogens is 360 g/mol. The first-order valence-corrected chi connectivity index (χ1v) is 10.2. The fraction of sp³-hybridized carbons (Fsp3) is 0.250. The fourth-order valence-corrected chi connectivity index (χ4v) is 4.01. The van der Waals surface area contributed by atoms with Crippen molar-refractivity contribution in [2.75, 3.05) is 26.2 Å². The summed E-state index contributed by atoms with van der Waals surface area (Å²) in [6.07, 6.45) is 0. The molecule has 0 bridgehead atoms. The van der Waals surface area contributed by atoms with Crippen molar-refractivity contribution < 1.29 is 14.4 Å². The highest BCUT2D eigenvalue weighted by Crippen LogP contribution is 2.36. The number of benzene rings is 2. The van der Waals surface area contributed by atoms with Crippen LogP contribution in [0, 0.1) is 13.8 Å². The van der Waals surface area contributed by atoms with Gasteiger partial charge in [0.2, 0.25) is 0 Å². The second kappa shape index (κ2) is 7.24. The monoisotopic (exact) mass is 386 g/mol. The summed E-state index contributed by atoms with van der Waals surface area (Å²) in [5.74, 6) is 4.10. The maximum Gasteiger partial charge on any atom is 0.275 e. The van der Waals surface area contributed by atoms with Crippen LogP contribution >= 0.6 is 0 Å². The van der Waals surface area contributed by atoms with E-state index >= 15 is 0 Å². The van der Waals surface area contributed by atoms with Gasteiger partial charge in [0.05, 0.1) is 11.1 Å². The van der Waals surface area contributed by atoms with Gasteiger partial charge in [-0.2, -0.15) is 0 Å². The molecule has 0 aliphatic carbocycles. The molecule has 2 aliphatic rings. The molecule has 0 unspecified atom stereocenters. The Bertz CT molecular complexity index is 1020. The van der Waals surface area contributed by atoms with Crippen molar-refractivity contribution in [2.45, 2.75) is 13.8 Å². The predicted molar refractivity (Wildman–Crippen MR) is 115 cm³/mol. The molecule has 0 saturated heterocycles. The highest BCUT2D eigenvalue weighted by molar-refractivity contribution is 5.96. The minimum atomic E-state index is 0.943. The number of hydrogen-bond donors (Lipinski definition) is 4. The van der Waals surface area contributed by atoms with Crippen LogP contribution < -0.4 is 20.6 Å². The molecule has 0 atom stereocenters. The van der Waals surface area contributed by atoms with Crippen LogP contribution in [0.1, 0.15) is 22.3 Å². The van der Waals surface area contributed by atoms with Crippen LogP contribution in [0.3, 0.4) is 0 Å². The Labute approximate surface area is 170 Å². The van der Waals surface area contributed by atoms with Gasteiger partial charge >= 0.3 is 0 Å². The molecule has 0 amide bonds. The highest BCUT2D eigenvalue weighted by atomic mass is 16.3. The summed E-state index contributed by atoms with van der Waals surface area (Å²) >= 11 is 0. The summed E-state index contributed by atoms with van der Waals surface area (Å²) in [5, 5.41) is 6.75. The molecule has 3 aromatic rings. The number of amidine groups is 2. The van der Waals surface area contributed by atoms with Crippen molar-refractivity contribution in [3.8, 4) is 22.6 Å². The average molecular weight is 386 g/mol. The minimum absolute atomic E-state index is 0.943. The van der Waals surface area contributed by atoms with E-state index < -0.39 is 0 Å². The summed E-state index contributed by atoms with van der Waals surface area (Å²) in [4.78, 5) is 6.75. The lowest BCUT2D eigenvalue weighted by Crippen LogP contribution is -2.70. The fourth-order valence-electron chi connectivity index (χ4n) is 4.01. The van der Waals surface area contributed by atoms with E-state index in [4.69, 9.17) is 4.42 Å². The molecule has 2 aromatic carbocycles. The Kier molecular flexibility index (Phi) is 4.43. The molecule has 3 heterocycles. The summed E-state index contributed by atoms with van der Waals surface area (Å²) in [7, 11) is 0. The third-order valence-electron chi connectivity index (χ3n) is 5.78. The van der Waals surface area contributed by atoms with Gasteiger partial charge in [0.1, 0.15) is 37.7 Å². The molecule has 0 radical (unpaired) electrons.